The summed E-state index contributed by atoms with van der Waals surface area (Å²) in [5.41, 5.74) is 2.36. The Labute approximate surface area is 157 Å². The summed E-state index contributed by atoms with van der Waals surface area (Å²) in [6, 6.07) is 5.75. The third kappa shape index (κ3) is 2.95. The van der Waals surface area contributed by atoms with Gasteiger partial charge in [0.15, 0.2) is 11.6 Å². The van der Waals surface area contributed by atoms with E-state index in [-0.39, 0.29) is 17.1 Å². The third-order valence-electron chi connectivity index (χ3n) is 5.41. The van der Waals surface area contributed by atoms with Crippen LogP contribution in [0.4, 0.5) is 0 Å². The first-order valence-corrected chi connectivity index (χ1v) is 9.57. The summed E-state index contributed by atoms with van der Waals surface area (Å²) < 4.78 is 2.04. The Kier molecular flexibility index (Phi) is 4.56. The van der Waals surface area contributed by atoms with Gasteiger partial charge in [-0.15, -0.1) is 6.58 Å². The Hall–Kier alpha value is -2.89. The van der Waals surface area contributed by atoms with Gasteiger partial charge >= 0.3 is 0 Å². The lowest BCUT2D eigenvalue weighted by Gasteiger charge is -2.14. The maximum Gasteiger partial charge on any atom is 0.284 e. The van der Waals surface area contributed by atoms with Crippen molar-refractivity contribution in [2.75, 3.05) is 0 Å². The van der Waals surface area contributed by atoms with Crippen molar-refractivity contribution in [1.82, 2.24) is 19.7 Å². The average molecular weight is 364 g/mol. The van der Waals surface area contributed by atoms with Gasteiger partial charge in [0.1, 0.15) is 11.3 Å². The topological polar surface area (TPSA) is 83.8 Å². The minimum atomic E-state index is -0.298. The Morgan fingerprint density at radius 2 is 2.11 bits per heavy atom. The number of H-pyrrole nitrogens is 1. The maximum absolute atomic E-state index is 12.8. The van der Waals surface area contributed by atoms with Gasteiger partial charge in [0.05, 0.1) is 11.6 Å². The number of hydrogen-bond donors (Lipinski definition) is 2. The lowest BCUT2D eigenvalue weighted by atomic mass is 10.1. The standard InChI is InChI=1S/C21H24N4O2/c1-3-8-13-9-7-12-15(18(13)26)19-22-20-17(21(27)23-19)16(4-2)24-25(20)14-10-5-6-11-14/h3,7,9,12,14,24,26H,1,4-6,8,10-11H2,2H3. The molecule has 1 saturated carbocycles. The van der Waals surface area contributed by atoms with Crippen LogP contribution < -0.4 is 5.56 Å². The second-order valence-corrected chi connectivity index (χ2v) is 7.11. The summed E-state index contributed by atoms with van der Waals surface area (Å²) >= 11 is 0. The first kappa shape index (κ1) is 17.5. The van der Waals surface area contributed by atoms with Crippen LogP contribution in [0.3, 0.4) is 0 Å². The summed E-state index contributed by atoms with van der Waals surface area (Å²) in [7, 11) is 0. The molecule has 1 aromatic carbocycles. The molecule has 6 nitrogen and oxygen atoms in total. The molecule has 0 atom stereocenters. The zero-order chi connectivity index (χ0) is 19.0. The Balaban J connectivity index is 1.92. The van der Waals surface area contributed by atoms with Gasteiger partial charge in [-0.05, 0) is 37.3 Å². The van der Waals surface area contributed by atoms with Crippen molar-refractivity contribution in [2.24, 2.45) is 0 Å². The molecule has 0 unspecified atom stereocenters. The van der Waals surface area contributed by atoms with Crippen LogP contribution in [0.25, 0.3) is 22.8 Å². The molecular weight excluding hydrogens is 340 g/mol. The number of aromatic amines is 1. The van der Waals surface area contributed by atoms with E-state index in [1.54, 1.807) is 12.1 Å². The van der Waals surface area contributed by atoms with Crippen LogP contribution in [-0.2, 0) is 12.8 Å². The number of allylic oxidation sites excluding steroid dienone is 1. The molecule has 0 bridgehead atoms. The second-order valence-electron chi connectivity index (χ2n) is 7.11. The van der Waals surface area contributed by atoms with Gasteiger partial charge in [-0.25, -0.2) is 4.98 Å². The predicted molar refractivity (Wildman–Crippen MR) is 105 cm³/mol. The molecule has 2 N–H and O–H groups in total. The van der Waals surface area contributed by atoms with Gasteiger partial charge in [0.2, 0.25) is 0 Å². The second kappa shape index (κ2) is 7.02. The number of hydrogen-bond acceptors (Lipinski definition) is 4. The van der Waals surface area contributed by atoms with E-state index in [4.69, 9.17) is 4.98 Å². The molecule has 4 rings (SSSR count). The molecule has 3 aliphatic rings. The fourth-order valence-corrected chi connectivity index (χ4v) is 4.02. The summed E-state index contributed by atoms with van der Waals surface area (Å²) in [5, 5.41) is 14.0. The molecule has 1 fully saturated rings. The zero-order valence-electron chi connectivity index (χ0n) is 15.5. The van der Waals surface area contributed by atoms with Crippen LogP contribution in [0.1, 0.15) is 49.9 Å². The minimum Gasteiger partial charge on any atom is -0.507 e. The van der Waals surface area contributed by atoms with Crippen LogP contribution in [0.5, 0.6) is 5.75 Å². The molecule has 140 valence electrons. The van der Waals surface area contributed by atoms with Gasteiger partial charge in [-0.2, -0.15) is 4.98 Å². The van der Waals surface area contributed by atoms with Crippen LogP contribution in [0.15, 0.2) is 35.6 Å². The predicted octanol–water partition coefficient (Wildman–Crippen LogP) is 3.85. The molecule has 6 heteroatoms. The highest BCUT2D eigenvalue weighted by Gasteiger charge is 2.28. The normalized spacial score (nSPS) is 14.9. The number of phenols is 1. The van der Waals surface area contributed by atoms with Crippen LogP contribution in [0, 0.1) is 0 Å². The summed E-state index contributed by atoms with van der Waals surface area (Å²) in [6.07, 6.45) is 7.52. The summed E-state index contributed by atoms with van der Waals surface area (Å²) in [4.78, 5) is 21.7. The van der Waals surface area contributed by atoms with Crippen LogP contribution in [0.2, 0.25) is 0 Å². The van der Waals surface area contributed by atoms with E-state index < -0.39 is 0 Å². The molecule has 1 aromatic rings. The molecule has 0 amide bonds. The monoisotopic (exact) mass is 364 g/mol. The maximum atomic E-state index is 12.8. The first-order chi connectivity index (χ1) is 13.1. The van der Waals surface area contributed by atoms with E-state index in [0.717, 1.165) is 24.1 Å². The first-order valence-electron chi connectivity index (χ1n) is 9.57. The minimum absolute atomic E-state index is 0.106. The van der Waals surface area contributed by atoms with Gasteiger partial charge in [0.25, 0.3) is 5.56 Å². The Morgan fingerprint density at radius 1 is 1.33 bits per heavy atom. The SMILES string of the molecule is C=CCc1cccc(-c2nc3n(C4CCCC4)[nH]c(CC)c-3c(=O)n2)c1O. The number of aromatic hydroxyl groups is 1. The quantitative estimate of drug-likeness (QED) is 0.674. The molecule has 27 heavy (non-hydrogen) atoms. The Bertz CT molecular complexity index is 1010. The van der Waals surface area contributed by atoms with E-state index in [2.05, 4.69) is 16.7 Å². The van der Waals surface area contributed by atoms with E-state index in [1.165, 1.54) is 12.8 Å². The molecule has 0 aromatic heterocycles. The van der Waals surface area contributed by atoms with E-state index in [0.29, 0.717) is 35.8 Å². The van der Waals surface area contributed by atoms with E-state index >= 15 is 0 Å². The van der Waals surface area contributed by atoms with Crippen LogP contribution in [-0.4, -0.2) is 24.9 Å². The largest absolute Gasteiger partial charge is 0.507 e. The average Bonchev–Trinajstić information content (AvgIpc) is 3.31. The summed E-state index contributed by atoms with van der Waals surface area (Å²) in [6.45, 7) is 5.74. The van der Waals surface area contributed by atoms with Crippen molar-refractivity contribution in [2.45, 2.75) is 51.5 Å². The number of nitrogens with one attached hydrogen (secondary N) is 1. The number of benzene rings is 1. The van der Waals surface area contributed by atoms with Crippen molar-refractivity contribution in [3.05, 3.63) is 52.5 Å². The highest BCUT2D eigenvalue weighted by molar-refractivity contribution is 5.70. The smallest absolute Gasteiger partial charge is 0.284 e. The van der Waals surface area contributed by atoms with Crippen molar-refractivity contribution < 1.29 is 5.11 Å². The molecule has 2 aliphatic heterocycles. The number of para-hydroxylation sites is 1. The molecule has 0 spiro atoms. The summed E-state index contributed by atoms with van der Waals surface area (Å²) in [5.74, 6) is 1.02. The zero-order valence-corrected chi connectivity index (χ0v) is 15.5. The number of rotatable bonds is 5. The fourth-order valence-electron chi connectivity index (χ4n) is 4.02. The van der Waals surface area contributed by atoms with E-state index in [1.807, 2.05) is 23.7 Å². The molecule has 0 radical (unpaired) electrons. The van der Waals surface area contributed by atoms with Gasteiger partial charge < -0.3 is 5.11 Å². The molecule has 1 aliphatic carbocycles. The molecule has 2 heterocycles. The lowest BCUT2D eigenvalue weighted by molar-refractivity contribution is 0.464. The molecular formula is C21H24N4O2. The number of fused-ring (bicyclic) bond motifs is 1. The number of phenolic OH excluding ortho intramolecular Hbond substituents is 1. The lowest BCUT2D eigenvalue weighted by Crippen LogP contribution is -2.17. The van der Waals surface area contributed by atoms with Crippen molar-refractivity contribution in [3.8, 4) is 28.5 Å². The fraction of sp³-hybridized carbons (Fsp3) is 0.381. The Morgan fingerprint density at radius 3 is 2.81 bits per heavy atom. The number of nitrogens with zero attached hydrogens (tertiary/aromatic N) is 3. The van der Waals surface area contributed by atoms with Gasteiger partial charge in [0, 0.05) is 5.69 Å². The van der Waals surface area contributed by atoms with Crippen molar-refractivity contribution >= 4 is 0 Å². The van der Waals surface area contributed by atoms with E-state index in [9.17, 15) is 9.90 Å². The third-order valence-corrected chi connectivity index (χ3v) is 5.41. The highest BCUT2D eigenvalue weighted by atomic mass is 16.3. The number of aryl methyl sites for hydroxylation is 1. The van der Waals surface area contributed by atoms with Crippen molar-refractivity contribution in [3.63, 3.8) is 0 Å². The highest BCUT2D eigenvalue weighted by Crippen LogP contribution is 2.36. The van der Waals surface area contributed by atoms with Crippen LogP contribution >= 0.6 is 0 Å². The number of aromatic nitrogens is 4. The van der Waals surface area contributed by atoms with Crippen molar-refractivity contribution in [1.29, 1.82) is 0 Å². The van der Waals surface area contributed by atoms with Gasteiger partial charge in [-0.1, -0.05) is 38.0 Å². The van der Waals surface area contributed by atoms with Gasteiger partial charge in [-0.3, -0.25) is 14.6 Å². The molecule has 0 saturated heterocycles.